The van der Waals surface area contributed by atoms with Gasteiger partial charge >= 0.3 is 5.97 Å². The number of aliphatic carboxylic acids is 1. The number of nitrogens with zero attached hydrogens (tertiary/aromatic N) is 1. The Labute approximate surface area is 128 Å². The number of halogens is 4. The van der Waals surface area contributed by atoms with Gasteiger partial charge in [0.2, 0.25) is 5.78 Å². The van der Waals surface area contributed by atoms with Crippen LogP contribution in [0.4, 0.5) is 23.2 Å². The van der Waals surface area contributed by atoms with Gasteiger partial charge in [-0.1, -0.05) is 0 Å². The highest BCUT2D eigenvalue weighted by atomic mass is 19.2. The Morgan fingerprint density at radius 1 is 1.09 bits per heavy atom. The molecule has 0 bridgehead atoms. The molecule has 0 amide bonds. The summed E-state index contributed by atoms with van der Waals surface area (Å²) in [5.41, 5.74) is -3.20. The first-order chi connectivity index (χ1) is 10.6. The molecule has 23 heavy (non-hydrogen) atoms. The van der Waals surface area contributed by atoms with Gasteiger partial charge in [-0.3, -0.25) is 4.79 Å². The SMILES string of the molecule is CCOC=C(C(=O)O)C(=O)c1c(F)c(F)c(F)c(F)c1N(C)C. The van der Waals surface area contributed by atoms with Gasteiger partial charge in [-0.25, -0.2) is 22.4 Å². The Balaban J connectivity index is 3.70. The average molecular weight is 335 g/mol. The number of carboxylic acid groups (broad SMARTS) is 1. The van der Waals surface area contributed by atoms with E-state index in [1.165, 1.54) is 6.92 Å². The number of rotatable bonds is 6. The summed E-state index contributed by atoms with van der Waals surface area (Å²) in [5.74, 6) is -11.5. The van der Waals surface area contributed by atoms with Crippen LogP contribution in [-0.4, -0.2) is 37.6 Å². The predicted octanol–water partition coefficient (Wildman–Crippen LogP) is 2.50. The van der Waals surface area contributed by atoms with Gasteiger partial charge in [-0.05, 0) is 6.92 Å². The monoisotopic (exact) mass is 335 g/mol. The van der Waals surface area contributed by atoms with Crippen LogP contribution in [0.15, 0.2) is 11.8 Å². The number of anilines is 1. The molecule has 0 fully saturated rings. The molecule has 0 aliphatic heterocycles. The van der Waals surface area contributed by atoms with Crippen LogP contribution in [0, 0.1) is 23.3 Å². The molecule has 0 saturated heterocycles. The summed E-state index contributed by atoms with van der Waals surface area (Å²) in [6.45, 7) is 1.49. The lowest BCUT2D eigenvalue weighted by atomic mass is 10.00. The molecule has 0 atom stereocenters. The first-order valence-corrected chi connectivity index (χ1v) is 6.28. The van der Waals surface area contributed by atoms with Crippen molar-refractivity contribution in [3.05, 3.63) is 40.7 Å². The Kier molecular flexibility index (Phi) is 5.72. The fourth-order valence-corrected chi connectivity index (χ4v) is 1.75. The molecule has 0 saturated carbocycles. The van der Waals surface area contributed by atoms with E-state index in [2.05, 4.69) is 4.74 Å². The van der Waals surface area contributed by atoms with Crippen LogP contribution in [0.2, 0.25) is 0 Å². The lowest BCUT2D eigenvalue weighted by Gasteiger charge is -2.19. The maximum absolute atomic E-state index is 14.0. The van der Waals surface area contributed by atoms with E-state index in [9.17, 15) is 27.2 Å². The number of ether oxygens (including phenoxy) is 1. The van der Waals surface area contributed by atoms with Crippen LogP contribution >= 0.6 is 0 Å². The van der Waals surface area contributed by atoms with Crippen molar-refractivity contribution in [1.82, 2.24) is 0 Å². The third-order valence-corrected chi connectivity index (χ3v) is 2.76. The second-order valence-corrected chi connectivity index (χ2v) is 4.50. The number of ketones is 1. The van der Waals surface area contributed by atoms with Crippen LogP contribution in [0.5, 0.6) is 0 Å². The lowest BCUT2D eigenvalue weighted by Crippen LogP contribution is -2.23. The standard InChI is InChI=1S/C14H13F4NO4/c1-4-23-5-6(14(21)22)13(20)7-8(15)9(16)10(17)11(18)12(7)19(2)3/h5H,4H2,1-3H3,(H,21,22). The molecule has 0 unspecified atom stereocenters. The molecule has 1 N–H and O–H groups in total. The summed E-state index contributed by atoms with van der Waals surface area (Å²) in [4.78, 5) is 24.1. The normalized spacial score (nSPS) is 11.3. The van der Waals surface area contributed by atoms with Crippen molar-refractivity contribution in [2.24, 2.45) is 0 Å². The largest absolute Gasteiger partial charge is 0.500 e. The number of hydrogen-bond acceptors (Lipinski definition) is 4. The number of carboxylic acids is 1. The zero-order valence-corrected chi connectivity index (χ0v) is 12.4. The number of carbonyl (C=O) groups excluding carboxylic acids is 1. The zero-order valence-electron chi connectivity index (χ0n) is 12.4. The summed E-state index contributed by atoms with van der Waals surface area (Å²) >= 11 is 0. The maximum Gasteiger partial charge on any atom is 0.342 e. The third kappa shape index (κ3) is 3.43. The fraction of sp³-hybridized carbons (Fsp3) is 0.286. The van der Waals surface area contributed by atoms with Crippen LogP contribution in [-0.2, 0) is 9.53 Å². The van der Waals surface area contributed by atoms with Gasteiger partial charge in [-0.2, -0.15) is 0 Å². The van der Waals surface area contributed by atoms with Crippen LogP contribution in [0.3, 0.4) is 0 Å². The van der Waals surface area contributed by atoms with Gasteiger partial charge in [-0.15, -0.1) is 0 Å². The Bertz CT molecular complexity index is 686. The number of benzene rings is 1. The first-order valence-electron chi connectivity index (χ1n) is 6.28. The van der Waals surface area contributed by atoms with E-state index in [0.29, 0.717) is 6.26 Å². The number of Topliss-reactive ketones (excluding diaryl/α,β-unsaturated/α-hetero) is 1. The Morgan fingerprint density at radius 2 is 1.61 bits per heavy atom. The quantitative estimate of drug-likeness (QED) is 0.126. The van der Waals surface area contributed by atoms with E-state index in [1.54, 1.807) is 0 Å². The summed E-state index contributed by atoms with van der Waals surface area (Å²) in [5, 5.41) is 8.98. The minimum atomic E-state index is -2.21. The minimum Gasteiger partial charge on any atom is -0.500 e. The Morgan fingerprint density at radius 3 is 2.04 bits per heavy atom. The number of hydrogen-bond donors (Lipinski definition) is 1. The highest BCUT2D eigenvalue weighted by molar-refractivity contribution is 6.25. The molecule has 0 radical (unpaired) electrons. The van der Waals surface area contributed by atoms with Crippen molar-refractivity contribution in [2.75, 3.05) is 25.6 Å². The number of carbonyl (C=O) groups is 2. The summed E-state index contributed by atoms with van der Waals surface area (Å²) < 4.78 is 59.2. The molecule has 1 aromatic rings. The smallest absolute Gasteiger partial charge is 0.342 e. The van der Waals surface area contributed by atoms with E-state index in [1.807, 2.05) is 0 Å². The molecule has 0 aliphatic carbocycles. The van der Waals surface area contributed by atoms with Gasteiger partial charge in [0.1, 0.15) is 11.8 Å². The van der Waals surface area contributed by atoms with Crippen molar-refractivity contribution in [2.45, 2.75) is 6.92 Å². The molecule has 9 heteroatoms. The molecule has 126 valence electrons. The zero-order chi connectivity index (χ0) is 17.9. The minimum absolute atomic E-state index is 0.000774. The second kappa shape index (κ2) is 7.12. The van der Waals surface area contributed by atoms with Gasteiger partial charge < -0.3 is 14.7 Å². The lowest BCUT2D eigenvalue weighted by molar-refractivity contribution is -0.132. The third-order valence-electron chi connectivity index (χ3n) is 2.76. The van der Waals surface area contributed by atoms with E-state index in [0.717, 1.165) is 19.0 Å². The maximum atomic E-state index is 14.0. The highest BCUT2D eigenvalue weighted by Gasteiger charge is 2.33. The summed E-state index contributed by atoms with van der Waals surface area (Å²) in [6, 6.07) is 0. The Hall–Kier alpha value is -2.58. The van der Waals surface area contributed by atoms with Crippen molar-refractivity contribution in [1.29, 1.82) is 0 Å². The molecule has 1 aromatic carbocycles. The van der Waals surface area contributed by atoms with Gasteiger partial charge in [0.25, 0.3) is 0 Å². The predicted molar refractivity (Wildman–Crippen MR) is 72.3 cm³/mol. The van der Waals surface area contributed by atoms with Crippen molar-refractivity contribution >= 4 is 17.4 Å². The van der Waals surface area contributed by atoms with Gasteiger partial charge in [0.15, 0.2) is 23.3 Å². The van der Waals surface area contributed by atoms with Gasteiger partial charge in [0, 0.05) is 14.1 Å². The summed E-state index contributed by atoms with van der Waals surface area (Å²) in [7, 11) is 2.30. The second-order valence-electron chi connectivity index (χ2n) is 4.50. The van der Waals surface area contributed by atoms with Crippen molar-refractivity contribution in [3.8, 4) is 0 Å². The average Bonchev–Trinajstić information content (AvgIpc) is 2.47. The molecule has 0 heterocycles. The first kappa shape index (κ1) is 18.5. The molecule has 5 nitrogen and oxygen atoms in total. The topological polar surface area (TPSA) is 66.8 Å². The fourth-order valence-electron chi connectivity index (χ4n) is 1.75. The molecule has 0 aromatic heterocycles. The molecular weight excluding hydrogens is 322 g/mol. The van der Waals surface area contributed by atoms with Crippen LogP contribution in [0.25, 0.3) is 0 Å². The van der Waals surface area contributed by atoms with E-state index in [-0.39, 0.29) is 6.61 Å². The molecular formula is C14H13F4NO4. The molecule has 0 aliphatic rings. The molecule has 0 spiro atoms. The van der Waals surface area contributed by atoms with E-state index < -0.39 is 51.8 Å². The van der Waals surface area contributed by atoms with E-state index in [4.69, 9.17) is 5.11 Å². The van der Waals surface area contributed by atoms with Gasteiger partial charge in [0.05, 0.1) is 17.9 Å². The molecule has 1 rings (SSSR count). The van der Waals surface area contributed by atoms with Crippen molar-refractivity contribution in [3.63, 3.8) is 0 Å². The highest BCUT2D eigenvalue weighted by Crippen LogP contribution is 2.32. The van der Waals surface area contributed by atoms with Crippen LogP contribution < -0.4 is 4.90 Å². The van der Waals surface area contributed by atoms with Crippen LogP contribution in [0.1, 0.15) is 17.3 Å². The van der Waals surface area contributed by atoms with E-state index >= 15 is 0 Å². The summed E-state index contributed by atoms with van der Waals surface area (Å²) in [6.07, 6.45) is 0.530. The van der Waals surface area contributed by atoms with Crippen molar-refractivity contribution < 1.29 is 37.0 Å².